The number of ether oxygens (including phenoxy) is 2. The van der Waals surface area contributed by atoms with Crippen LogP contribution in [0.5, 0.6) is 5.75 Å². The van der Waals surface area contributed by atoms with E-state index in [4.69, 9.17) is 14.4 Å². The average Bonchev–Trinajstić information content (AvgIpc) is 3.18. The van der Waals surface area contributed by atoms with Crippen molar-refractivity contribution in [2.45, 2.75) is 109 Å². The smallest absolute Gasteiger partial charge is 0.342 e. The van der Waals surface area contributed by atoms with Gasteiger partial charge in [-0.3, -0.25) is 4.89 Å². The largest absolute Gasteiger partial charge is 0.465 e. The molecule has 3 fully saturated rings. The van der Waals surface area contributed by atoms with E-state index in [1.807, 2.05) is 0 Å². The van der Waals surface area contributed by atoms with Crippen molar-refractivity contribution in [3.8, 4) is 17.6 Å². The van der Waals surface area contributed by atoms with Crippen LogP contribution in [0.3, 0.4) is 0 Å². The lowest BCUT2D eigenvalue weighted by atomic mass is 9.53. The normalized spacial score (nSPS) is 34.4. The van der Waals surface area contributed by atoms with Crippen LogP contribution in [0, 0.1) is 29.1 Å². The molecule has 1 aliphatic heterocycles. The molecule has 1 aromatic rings. The van der Waals surface area contributed by atoms with E-state index in [0.29, 0.717) is 43.6 Å². The lowest BCUT2D eigenvalue weighted by molar-refractivity contribution is -0.272. The highest BCUT2D eigenvalue weighted by Gasteiger charge is 2.61. The molecular weight excluding hydrogens is 468 g/mol. The van der Waals surface area contributed by atoms with Gasteiger partial charge in [0, 0.05) is 24.7 Å². The molecule has 0 aromatic heterocycles. The van der Waals surface area contributed by atoms with Gasteiger partial charge in [-0.05, 0) is 98.8 Å². The molecule has 4 aliphatic rings. The molecule has 6 heteroatoms. The van der Waals surface area contributed by atoms with Crippen LogP contribution in [0.1, 0.15) is 102 Å². The molecule has 0 bridgehead atoms. The Hall–Kier alpha value is -2.07. The van der Waals surface area contributed by atoms with Crippen molar-refractivity contribution >= 4 is 5.97 Å². The molecule has 5 rings (SSSR count). The van der Waals surface area contributed by atoms with Crippen molar-refractivity contribution in [1.82, 2.24) is 0 Å². The fourth-order valence-corrected chi connectivity index (χ4v) is 7.40. The molecule has 6 atom stereocenters. The average molecular weight is 511 g/mol. The van der Waals surface area contributed by atoms with Crippen molar-refractivity contribution in [3.63, 3.8) is 0 Å². The van der Waals surface area contributed by atoms with Gasteiger partial charge >= 0.3 is 5.97 Å². The van der Waals surface area contributed by atoms with Gasteiger partial charge in [-0.2, -0.15) is 4.89 Å². The first-order valence-electron chi connectivity index (χ1n) is 14.4. The summed E-state index contributed by atoms with van der Waals surface area (Å²) in [7, 11) is 0. The zero-order valence-corrected chi connectivity index (χ0v) is 22.4. The van der Waals surface area contributed by atoms with Gasteiger partial charge in [0.25, 0.3) is 0 Å². The number of rotatable bonds is 7. The van der Waals surface area contributed by atoms with Gasteiger partial charge in [-0.1, -0.05) is 25.8 Å². The molecule has 202 valence electrons. The Labute approximate surface area is 221 Å². The predicted molar refractivity (Wildman–Crippen MR) is 140 cm³/mol. The summed E-state index contributed by atoms with van der Waals surface area (Å²) >= 11 is 0. The van der Waals surface area contributed by atoms with Gasteiger partial charge in [0.1, 0.15) is 11.4 Å². The second-order valence-corrected chi connectivity index (χ2v) is 11.6. The van der Waals surface area contributed by atoms with E-state index in [2.05, 4.69) is 41.9 Å². The fourth-order valence-electron chi connectivity index (χ4n) is 7.40. The standard InChI is InChI=1S/C31H42O6/c1-3-28(32)37-35-20-7-4-6-16-31(33)18-15-27-26-12-10-22-21-23(36-29-9-5-8-19-34-29)11-13-24(22)25(26)14-17-30(27,31)2/h11,13,21,25-27,29,33H,3-5,7-10,12,14-15,17-20H2,1-2H3/t25-,26-,27+,29?,30+,31+/m1/s1. The fraction of sp³-hybridized carbons (Fsp3) is 0.710. The minimum absolute atomic E-state index is 0.109. The SMILES string of the molecule is CCC(=O)OOCCCC#C[C@]1(O)CC[C@H]2[C@@H]3CCc4cc(OC5CCCCO5)ccc4[C@H]3CC[C@@]21C. The minimum atomic E-state index is -0.934. The zero-order valence-electron chi connectivity index (χ0n) is 22.4. The van der Waals surface area contributed by atoms with E-state index in [1.165, 1.54) is 24.0 Å². The Morgan fingerprint density at radius 3 is 2.89 bits per heavy atom. The lowest BCUT2D eigenvalue weighted by Gasteiger charge is -2.52. The van der Waals surface area contributed by atoms with Gasteiger partial charge in [0.15, 0.2) is 6.29 Å². The number of hydrogen-bond acceptors (Lipinski definition) is 6. The third kappa shape index (κ3) is 5.41. The molecule has 0 radical (unpaired) electrons. The molecular formula is C31H42O6. The van der Waals surface area contributed by atoms with E-state index in [-0.39, 0.29) is 17.7 Å². The van der Waals surface area contributed by atoms with Gasteiger partial charge < -0.3 is 14.6 Å². The van der Waals surface area contributed by atoms with E-state index < -0.39 is 5.60 Å². The van der Waals surface area contributed by atoms with Crippen LogP contribution in [0.4, 0.5) is 0 Å². The molecule has 1 heterocycles. The molecule has 0 spiro atoms. The quantitative estimate of drug-likeness (QED) is 0.215. The Balaban J connectivity index is 1.20. The number of hydrogen-bond donors (Lipinski definition) is 1. The molecule has 6 nitrogen and oxygen atoms in total. The van der Waals surface area contributed by atoms with Crippen LogP contribution in [0.25, 0.3) is 0 Å². The van der Waals surface area contributed by atoms with E-state index in [0.717, 1.165) is 57.3 Å². The molecule has 1 N–H and O–H groups in total. The maximum absolute atomic E-state index is 11.7. The van der Waals surface area contributed by atoms with Crippen molar-refractivity contribution in [1.29, 1.82) is 0 Å². The van der Waals surface area contributed by atoms with Crippen molar-refractivity contribution < 1.29 is 29.1 Å². The molecule has 3 aliphatic carbocycles. The molecule has 1 aromatic carbocycles. The van der Waals surface area contributed by atoms with Crippen LogP contribution < -0.4 is 4.74 Å². The Morgan fingerprint density at radius 1 is 1.19 bits per heavy atom. The molecule has 0 amide bonds. The summed E-state index contributed by atoms with van der Waals surface area (Å²) in [5, 5.41) is 11.7. The first-order chi connectivity index (χ1) is 17.9. The number of aryl methyl sites for hydroxylation is 1. The van der Waals surface area contributed by atoms with E-state index in [9.17, 15) is 9.90 Å². The maximum Gasteiger partial charge on any atom is 0.342 e. The molecule has 1 unspecified atom stereocenters. The molecule has 1 saturated heterocycles. The molecule has 2 saturated carbocycles. The number of benzene rings is 1. The van der Waals surface area contributed by atoms with E-state index >= 15 is 0 Å². The summed E-state index contributed by atoms with van der Waals surface area (Å²) in [6.45, 7) is 5.12. The van der Waals surface area contributed by atoms with E-state index in [1.54, 1.807) is 6.92 Å². The summed E-state index contributed by atoms with van der Waals surface area (Å²) in [5.74, 6) is 8.70. The topological polar surface area (TPSA) is 74.2 Å². The Kier molecular flexibility index (Phi) is 8.14. The van der Waals surface area contributed by atoms with Crippen molar-refractivity contribution in [2.24, 2.45) is 17.3 Å². The van der Waals surface area contributed by atoms with Gasteiger partial charge in [-0.15, -0.1) is 5.92 Å². The number of fused-ring (bicyclic) bond motifs is 5. The predicted octanol–water partition coefficient (Wildman–Crippen LogP) is 5.85. The minimum Gasteiger partial charge on any atom is -0.465 e. The number of carbonyl (C=O) groups is 1. The zero-order chi connectivity index (χ0) is 25.9. The third-order valence-electron chi connectivity index (χ3n) is 9.52. The summed E-state index contributed by atoms with van der Waals surface area (Å²) in [6, 6.07) is 6.69. The second kappa shape index (κ2) is 11.4. The van der Waals surface area contributed by atoms with Crippen molar-refractivity contribution in [2.75, 3.05) is 13.2 Å². The van der Waals surface area contributed by atoms with Gasteiger partial charge in [0.2, 0.25) is 0 Å². The van der Waals surface area contributed by atoms with Crippen LogP contribution in [-0.4, -0.2) is 36.2 Å². The first-order valence-corrected chi connectivity index (χ1v) is 14.4. The van der Waals surface area contributed by atoms with Gasteiger partial charge in [0.05, 0.1) is 13.2 Å². The van der Waals surface area contributed by atoms with Crippen LogP contribution >= 0.6 is 0 Å². The number of carbonyl (C=O) groups excluding carboxylic acids is 1. The highest BCUT2D eigenvalue weighted by atomic mass is 17.2. The highest BCUT2D eigenvalue weighted by molar-refractivity contribution is 5.68. The second-order valence-electron chi connectivity index (χ2n) is 11.6. The monoisotopic (exact) mass is 510 g/mol. The summed E-state index contributed by atoms with van der Waals surface area (Å²) in [5.41, 5.74) is 1.81. The lowest BCUT2D eigenvalue weighted by Crippen LogP contribution is -2.50. The highest BCUT2D eigenvalue weighted by Crippen LogP contribution is 2.64. The Morgan fingerprint density at radius 2 is 2.08 bits per heavy atom. The summed E-state index contributed by atoms with van der Waals surface area (Å²) in [4.78, 5) is 20.7. The molecule has 37 heavy (non-hydrogen) atoms. The van der Waals surface area contributed by atoms with Gasteiger partial charge in [-0.25, -0.2) is 4.79 Å². The number of aliphatic hydroxyl groups is 1. The van der Waals surface area contributed by atoms with Crippen molar-refractivity contribution in [3.05, 3.63) is 29.3 Å². The Bertz CT molecular complexity index is 1020. The van der Waals surface area contributed by atoms with Crippen LogP contribution in [0.2, 0.25) is 0 Å². The third-order valence-corrected chi connectivity index (χ3v) is 9.52. The summed E-state index contributed by atoms with van der Waals surface area (Å²) in [6.07, 6.45) is 10.8. The maximum atomic E-state index is 11.7. The first kappa shape index (κ1) is 26.5. The van der Waals surface area contributed by atoms with Crippen LogP contribution in [-0.2, 0) is 25.7 Å². The summed E-state index contributed by atoms with van der Waals surface area (Å²) < 4.78 is 11.9. The van der Waals surface area contributed by atoms with Crippen LogP contribution in [0.15, 0.2) is 18.2 Å². The number of unbranched alkanes of at least 4 members (excludes halogenated alkanes) is 1.